The summed E-state index contributed by atoms with van der Waals surface area (Å²) in [5.74, 6) is 0.221. The van der Waals surface area contributed by atoms with Gasteiger partial charge in [-0.15, -0.1) is 11.3 Å². The number of amides is 1. The zero-order valence-corrected chi connectivity index (χ0v) is 21.0. The SMILES string of the molecule is COC[C@H]1CCCN1C/C=C/C(=O)N1CCc2c(sc3ncnc(Nc4ccc(F)c(Cl)c4)c23)C1. The van der Waals surface area contributed by atoms with Gasteiger partial charge >= 0.3 is 0 Å². The van der Waals surface area contributed by atoms with Crippen LogP contribution in [0.5, 0.6) is 0 Å². The summed E-state index contributed by atoms with van der Waals surface area (Å²) in [5, 5.41) is 4.25. The van der Waals surface area contributed by atoms with Gasteiger partial charge in [0, 0.05) is 42.9 Å². The minimum atomic E-state index is -0.466. The number of nitrogens with zero attached hydrogens (tertiary/aromatic N) is 4. The van der Waals surface area contributed by atoms with Crippen LogP contribution in [-0.2, 0) is 22.5 Å². The maximum Gasteiger partial charge on any atom is 0.246 e. The molecule has 1 aromatic carbocycles. The molecule has 1 fully saturated rings. The van der Waals surface area contributed by atoms with Gasteiger partial charge in [0.25, 0.3) is 0 Å². The molecule has 0 saturated carbocycles. The first kappa shape index (κ1) is 24.1. The highest BCUT2D eigenvalue weighted by atomic mass is 35.5. The van der Waals surface area contributed by atoms with E-state index in [1.807, 2.05) is 11.0 Å². The lowest BCUT2D eigenvalue weighted by atomic mass is 10.0. The molecule has 1 N–H and O–H groups in total. The number of likely N-dealkylation sites (tertiary alicyclic amines) is 1. The minimum absolute atomic E-state index is 0.0287. The molecule has 4 heterocycles. The fourth-order valence-corrected chi connectivity index (χ4v) is 6.22. The van der Waals surface area contributed by atoms with Gasteiger partial charge in [0.15, 0.2) is 0 Å². The van der Waals surface area contributed by atoms with Gasteiger partial charge in [-0.25, -0.2) is 14.4 Å². The van der Waals surface area contributed by atoms with Crippen LogP contribution in [0.4, 0.5) is 15.9 Å². The van der Waals surface area contributed by atoms with E-state index in [2.05, 4.69) is 20.2 Å². The Morgan fingerprint density at radius 3 is 3.09 bits per heavy atom. The maximum atomic E-state index is 13.5. The Morgan fingerprint density at radius 2 is 2.26 bits per heavy atom. The molecule has 0 unspecified atom stereocenters. The summed E-state index contributed by atoms with van der Waals surface area (Å²) in [5.41, 5.74) is 1.81. The number of hydrogen-bond acceptors (Lipinski definition) is 7. The van der Waals surface area contributed by atoms with Crippen LogP contribution >= 0.6 is 22.9 Å². The van der Waals surface area contributed by atoms with Gasteiger partial charge in [-0.05, 0) is 49.6 Å². The van der Waals surface area contributed by atoms with Crippen molar-refractivity contribution >= 4 is 50.6 Å². The zero-order valence-electron chi connectivity index (χ0n) is 19.5. The van der Waals surface area contributed by atoms with Crippen molar-refractivity contribution < 1.29 is 13.9 Å². The number of benzene rings is 1. The lowest BCUT2D eigenvalue weighted by Gasteiger charge is -2.26. The van der Waals surface area contributed by atoms with Crippen LogP contribution in [0.1, 0.15) is 23.3 Å². The molecular formula is C25H27ClFN5O2S. The number of anilines is 2. The van der Waals surface area contributed by atoms with E-state index in [1.165, 1.54) is 24.9 Å². The molecule has 0 radical (unpaired) electrons. The second-order valence-electron chi connectivity index (χ2n) is 8.82. The molecule has 1 amide bonds. The minimum Gasteiger partial charge on any atom is -0.383 e. The van der Waals surface area contributed by atoms with Gasteiger partial charge in [-0.1, -0.05) is 17.7 Å². The first-order valence-corrected chi connectivity index (χ1v) is 12.9. The van der Waals surface area contributed by atoms with Crippen LogP contribution < -0.4 is 5.32 Å². The number of rotatable bonds is 7. The molecule has 2 aromatic heterocycles. The molecule has 10 heteroatoms. The van der Waals surface area contributed by atoms with Crippen molar-refractivity contribution in [2.75, 3.05) is 38.7 Å². The second kappa shape index (κ2) is 10.6. The van der Waals surface area contributed by atoms with Gasteiger partial charge in [-0.3, -0.25) is 9.69 Å². The highest BCUT2D eigenvalue weighted by Gasteiger charge is 2.26. The van der Waals surface area contributed by atoms with E-state index in [9.17, 15) is 9.18 Å². The van der Waals surface area contributed by atoms with E-state index in [-0.39, 0.29) is 10.9 Å². The van der Waals surface area contributed by atoms with Gasteiger partial charge < -0.3 is 15.0 Å². The number of methoxy groups -OCH3 is 1. The third-order valence-electron chi connectivity index (χ3n) is 6.59. The number of carbonyl (C=O) groups excluding carboxylic acids is 1. The normalized spacial score (nSPS) is 18.5. The Morgan fingerprint density at radius 1 is 1.37 bits per heavy atom. The smallest absolute Gasteiger partial charge is 0.246 e. The Kier molecular flexibility index (Phi) is 7.29. The van der Waals surface area contributed by atoms with Crippen molar-refractivity contribution in [3.05, 3.63) is 58.0 Å². The van der Waals surface area contributed by atoms with Crippen molar-refractivity contribution in [3.63, 3.8) is 0 Å². The van der Waals surface area contributed by atoms with E-state index in [4.69, 9.17) is 16.3 Å². The lowest BCUT2D eigenvalue weighted by Crippen LogP contribution is -2.35. The van der Waals surface area contributed by atoms with Crippen molar-refractivity contribution in [1.29, 1.82) is 0 Å². The van der Waals surface area contributed by atoms with Gasteiger partial charge in [0.1, 0.15) is 22.8 Å². The van der Waals surface area contributed by atoms with Crippen molar-refractivity contribution in [1.82, 2.24) is 19.8 Å². The molecule has 0 spiro atoms. The highest BCUT2D eigenvalue weighted by Crippen LogP contribution is 2.38. The average molecular weight is 516 g/mol. The van der Waals surface area contributed by atoms with Crippen LogP contribution in [0, 0.1) is 5.82 Å². The number of thiophene rings is 1. The summed E-state index contributed by atoms with van der Waals surface area (Å²) in [6.45, 7) is 3.73. The fourth-order valence-electron chi connectivity index (χ4n) is 4.83. The number of nitrogens with one attached hydrogen (secondary N) is 1. The van der Waals surface area contributed by atoms with Crippen LogP contribution in [0.25, 0.3) is 10.2 Å². The third kappa shape index (κ3) is 5.18. The monoisotopic (exact) mass is 515 g/mol. The van der Waals surface area contributed by atoms with Crippen LogP contribution in [0.3, 0.4) is 0 Å². The summed E-state index contributed by atoms with van der Waals surface area (Å²) in [7, 11) is 1.73. The number of halogens is 2. The molecule has 2 aliphatic heterocycles. The molecular weight excluding hydrogens is 489 g/mol. The molecule has 5 rings (SSSR count). The first-order valence-electron chi connectivity index (χ1n) is 11.7. The van der Waals surface area contributed by atoms with E-state index in [1.54, 1.807) is 30.6 Å². The Balaban J connectivity index is 1.28. The number of ether oxygens (including phenoxy) is 1. The van der Waals surface area contributed by atoms with Crippen molar-refractivity contribution in [3.8, 4) is 0 Å². The largest absolute Gasteiger partial charge is 0.383 e. The van der Waals surface area contributed by atoms with Crippen LogP contribution in [0.2, 0.25) is 5.02 Å². The molecule has 184 valence electrons. The van der Waals surface area contributed by atoms with Gasteiger partial charge in [0.05, 0.1) is 23.6 Å². The molecule has 7 nitrogen and oxygen atoms in total. The number of aromatic nitrogens is 2. The van der Waals surface area contributed by atoms with E-state index >= 15 is 0 Å². The molecule has 0 aliphatic carbocycles. The van der Waals surface area contributed by atoms with Crippen molar-refractivity contribution in [2.45, 2.75) is 31.8 Å². The Hall–Kier alpha value is -2.59. The van der Waals surface area contributed by atoms with E-state index in [0.717, 1.165) is 53.2 Å². The maximum absolute atomic E-state index is 13.5. The van der Waals surface area contributed by atoms with E-state index < -0.39 is 5.82 Å². The Labute approximate surface area is 212 Å². The summed E-state index contributed by atoms with van der Waals surface area (Å²) in [4.78, 5) is 28.0. The second-order valence-corrected chi connectivity index (χ2v) is 10.3. The van der Waals surface area contributed by atoms with Crippen LogP contribution in [-0.4, -0.2) is 65.1 Å². The van der Waals surface area contributed by atoms with Gasteiger partial charge in [0.2, 0.25) is 5.91 Å². The Bertz CT molecular complexity index is 1270. The molecule has 3 aromatic rings. The predicted octanol–water partition coefficient (Wildman–Crippen LogP) is 4.78. The number of carbonyl (C=O) groups is 1. The standard InChI is InChI=1S/C25H27ClFN5O2S/c1-34-14-17-4-2-9-31(17)10-3-5-22(33)32-11-8-18-21(13-32)35-25-23(18)24(28-15-29-25)30-16-6-7-20(27)19(26)12-16/h3,5-7,12,15,17H,2,4,8-11,13-14H2,1H3,(H,28,29,30)/b5-3+/t17-/m1/s1. The number of hydrogen-bond donors (Lipinski definition) is 1. The molecule has 2 aliphatic rings. The van der Waals surface area contributed by atoms with Crippen LogP contribution in [0.15, 0.2) is 36.7 Å². The summed E-state index contributed by atoms with van der Waals surface area (Å²) in [6, 6.07) is 4.92. The van der Waals surface area contributed by atoms with Gasteiger partial charge in [-0.2, -0.15) is 0 Å². The fraction of sp³-hybridized carbons (Fsp3) is 0.400. The predicted molar refractivity (Wildman–Crippen MR) is 137 cm³/mol. The van der Waals surface area contributed by atoms with E-state index in [0.29, 0.717) is 30.6 Å². The topological polar surface area (TPSA) is 70.6 Å². The average Bonchev–Trinajstić information content (AvgIpc) is 3.45. The quantitative estimate of drug-likeness (QED) is 0.457. The molecule has 35 heavy (non-hydrogen) atoms. The molecule has 1 saturated heterocycles. The highest BCUT2D eigenvalue weighted by molar-refractivity contribution is 7.19. The zero-order chi connectivity index (χ0) is 24.4. The summed E-state index contributed by atoms with van der Waals surface area (Å²) < 4.78 is 18.9. The number of fused-ring (bicyclic) bond motifs is 3. The van der Waals surface area contributed by atoms with Crippen molar-refractivity contribution in [2.24, 2.45) is 0 Å². The lowest BCUT2D eigenvalue weighted by molar-refractivity contribution is -0.126. The third-order valence-corrected chi connectivity index (χ3v) is 8.00. The molecule has 1 atom stereocenters. The first-order chi connectivity index (χ1) is 17.0. The summed E-state index contributed by atoms with van der Waals surface area (Å²) in [6.07, 6.45) is 8.22. The summed E-state index contributed by atoms with van der Waals surface area (Å²) >= 11 is 7.52. The molecule has 0 bridgehead atoms.